The number of fused-ring (bicyclic) bond motifs is 5. The fourth-order valence-corrected chi connectivity index (χ4v) is 10.8. The number of allylic oxidation sites excluding steroid dienone is 1. The van der Waals surface area contributed by atoms with Crippen molar-refractivity contribution in [3.8, 4) is 0 Å². The Labute approximate surface area is 245 Å². The Hall–Kier alpha value is -0.580. The van der Waals surface area contributed by atoms with E-state index in [-0.39, 0.29) is 23.0 Å². The largest absolute Gasteiger partial charge is 0.394 e. The number of rotatable bonds is 5. The van der Waals surface area contributed by atoms with E-state index in [4.69, 9.17) is 9.47 Å². The fourth-order valence-electron chi connectivity index (χ4n) is 10.8. The molecular formula is C33H55NO7. The molecule has 6 N–H and O–H groups in total. The van der Waals surface area contributed by atoms with Gasteiger partial charge in [0.1, 0.15) is 24.4 Å². The monoisotopic (exact) mass is 577 g/mol. The Morgan fingerprint density at radius 1 is 1.02 bits per heavy atom. The van der Waals surface area contributed by atoms with Gasteiger partial charge in [0.05, 0.1) is 18.8 Å². The average molecular weight is 578 g/mol. The van der Waals surface area contributed by atoms with Crippen molar-refractivity contribution in [1.29, 1.82) is 0 Å². The molecule has 0 amide bonds. The van der Waals surface area contributed by atoms with Gasteiger partial charge in [-0.05, 0) is 111 Å². The number of nitrogens with one attached hydrogen (secondary N) is 1. The van der Waals surface area contributed by atoms with Crippen LogP contribution in [0.3, 0.4) is 0 Å². The Kier molecular flexibility index (Phi) is 8.47. The molecule has 6 aliphatic rings. The van der Waals surface area contributed by atoms with Gasteiger partial charge in [-0.1, -0.05) is 39.3 Å². The maximum Gasteiger partial charge on any atom is 0.186 e. The van der Waals surface area contributed by atoms with E-state index in [0.717, 1.165) is 44.6 Å². The highest BCUT2D eigenvalue weighted by Gasteiger charge is 2.62. The number of aliphatic hydroxyl groups excluding tert-OH is 5. The zero-order valence-electron chi connectivity index (χ0n) is 25.5. The Balaban J connectivity index is 1.15. The molecule has 16 atom stereocenters. The number of piperidine rings is 1. The van der Waals surface area contributed by atoms with Gasteiger partial charge in [-0.3, -0.25) is 0 Å². The molecule has 0 aromatic rings. The van der Waals surface area contributed by atoms with Gasteiger partial charge < -0.3 is 40.3 Å². The molecule has 234 valence electrons. The van der Waals surface area contributed by atoms with Crippen LogP contribution in [0.15, 0.2) is 11.6 Å². The molecule has 41 heavy (non-hydrogen) atoms. The van der Waals surface area contributed by atoms with Gasteiger partial charge in [-0.25, -0.2) is 0 Å². The Morgan fingerprint density at radius 2 is 1.80 bits per heavy atom. The van der Waals surface area contributed by atoms with E-state index in [0.29, 0.717) is 35.6 Å². The van der Waals surface area contributed by atoms with Crippen molar-refractivity contribution in [2.45, 2.75) is 134 Å². The molecule has 8 nitrogen and oxygen atoms in total. The lowest BCUT2D eigenvalue weighted by Gasteiger charge is -2.58. The minimum atomic E-state index is -1.42. The quantitative estimate of drug-likeness (QED) is 0.275. The first-order valence-electron chi connectivity index (χ1n) is 16.5. The molecule has 0 spiro atoms. The van der Waals surface area contributed by atoms with E-state index in [1.165, 1.54) is 31.3 Å². The summed E-state index contributed by atoms with van der Waals surface area (Å²) in [5.74, 6) is 3.31. The van der Waals surface area contributed by atoms with E-state index in [9.17, 15) is 25.5 Å². The first kappa shape index (κ1) is 30.4. The summed E-state index contributed by atoms with van der Waals surface area (Å²) in [4.78, 5) is 0. The molecule has 2 aliphatic heterocycles. The Bertz CT molecular complexity index is 967. The zero-order valence-corrected chi connectivity index (χ0v) is 25.5. The van der Waals surface area contributed by atoms with Gasteiger partial charge in [0.15, 0.2) is 6.29 Å². The van der Waals surface area contributed by atoms with Crippen LogP contribution in [0.25, 0.3) is 0 Å². The van der Waals surface area contributed by atoms with Crippen LogP contribution in [0.2, 0.25) is 0 Å². The molecule has 3 saturated carbocycles. The highest BCUT2D eigenvalue weighted by molar-refractivity contribution is 5.26. The van der Waals surface area contributed by atoms with Crippen molar-refractivity contribution in [3.63, 3.8) is 0 Å². The molecule has 0 aromatic heterocycles. The van der Waals surface area contributed by atoms with Crippen molar-refractivity contribution in [3.05, 3.63) is 11.6 Å². The molecule has 0 bridgehead atoms. The molecule has 0 aromatic carbocycles. The highest BCUT2D eigenvalue weighted by Crippen LogP contribution is 2.67. The molecule has 2 saturated heterocycles. The summed E-state index contributed by atoms with van der Waals surface area (Å²) < 4.78 is 11.8. The number of hydrogen-bond acceptors (Lipinski definition) is 8. The lowest BCUT2D eigenvalue weighted by Crippen LogP contribution is -2.60. The van der Waals surface area contributed by atoms with Gasteiger partial charge in [0, 0.05) is 6.04 Å². The van der Waals surface area contributed by atoms with Crippen molar-refractivity contribution in [2.24, 2.45) is 46.3 Å². The van der Waals surface area contributed by atoms with Crippen molar-refractivity contribution in [2.75, 3.05) is 13.2 Å². The Morgan fingerprint density at radius 3 is 2.51 bits per heavy atom. The second-order valence-electron chi connectivity index (χ2n) is 15.4. The van der Waals surface area contributed by atoms with Crippen LogP contribution in [0.1, 0.15) is 85.5 Å². The molecule has 0 radical (unpaired) electrons. The van der Waals surface area contributed by atoms with Gasteiger partial charge >= 0.3 is 0 Å². The smallest absolute Gasteiger partial charge is 0.186 e. The van der Waals surface area contributed by atoms with E-state index in [1.807, 2.05) is 0 Å². The van der Waals surface area contributed by atoms with Crippen LogP contribution in [0, 0.1) is 46.3 Å². The second-order valence-corrected chi connectivity index (χ2v) is 15.4. The average Bonchev–Trinajstić information content (AvgIpc) is 3.23. The lowest BCUT2D eigenvalue weighted by atomic mass is 9.47. The van der Waals surface area contributed by atoms with E-state index >= 15 is 0 Å². The topological polar surface area (TPSA) is 132 Å². The predicted octanol–water partition coefficient (Wildman–Crippen LogP) is 2.75. The third-order valence-electron chi connectivity index (χ3n) is 13.2. The van der Waals surface area contributed by atoms with Crippen LogP contribution >= 0.6 is 0 Å². The maximum absolute atomic E-state index is 11.6. The van der Waals surface area contributed by atoms with Crippen molar-refractivity contribution < 1.29 is 35.0 Å². The molecule has 6 rings (SSSR count). The van der Waals surface area contributed by atoms with Crippen LogP contribution in [0.4, 0.5) is 0 Å². The molecule has 2 heterocycles. The number of ether oxygens (including phenoxy) is 2. The molecule has 4 aliphatic carbocycles. The van der Waals surface area contributed by atoms with Crippen molar-refractivity contribution >= 4 is 0 Å². The first-order chi connectivity index (χ1) is 19.5. The highest BCUT2D eigenvalue weighted by atomic mass is 16.7. The SMILES string of the molecule is C[C@H]1CC[C@H]([C@@H](C)[C@@H]2[C@@H](O)C[C@@H]3[C@H]4CC=C5C[C@H](O[C@H]6O[C@@H](CO)[C@H](O)[C@@H](O)[C@@H]6O)CC[C@]5(C)[C@H]4CC[C@@]23C)NC1. The van der Waals surface area contributed by atoms with E-state index in [2.05, 4.69) is 39.1 Å². The normalized spacial score (nSPS) is 54.5. The summed E-state index contributed by atoms with van der Waals surface area (Å²) in [7, 11) is 0. The van der Waals surface area contributed by atoms with Crippen LogP contribution in [-0.4, -0.2) is 87.6 Å². The first-order valence-corrected chi connectivity index (χ1v) is 16.5. The van der Waals surface area contributed by atoms with Gasteiger partial charge in [-0.15, -0.1) is 0 Å². The third-order valence-corrected chi connectivity index (χ3v) is 13.2. The summed E-state index contributed by atoms with van der Waals surface area (Å²) >= 11 is 0. The van der Waals surface area contributed by atoms with Gasteiger partial charge in [0.2, 0.25) is 0 Å². The molecular weight excluding hydrogens is 522 g/mol. The minimum absolute atomic E-state index is 0.106. The van der Waals surface area contributed by atoms with Gasteiger partial charge in [0.25, 0.3) is 0 Å². The second kappa shape index (κ2) is 11.4. The van der Waals surface area contributed by atoms with Crippen molar-refractivity contribution in [1.82, 2.24) is 5.32 Å². The summed E-state index contributed by atoms with van der Waals surface area (Å²) in [6, 6.07) is 0.508. The molecule has 8 heteroatoms. The summed E-state index contributed by atoms with van der Waals surface area (Å²) in [6.07, 6.45) is 5.37. The van der Waals surface area contributed by atoms with Crippen LogP contribution < -0.4 is 5.32 Å². The molecule has 5 fully saturated rings. The van der Waals surface area contributed by atoms with E-state index < -0.39 is 37.3 Å². The number of hydrogen-bond donors (Lipinski definition) is 6. The fraction of sp³-hybridized carbons (Fsp3) is 0.939. The standard InChI is InChI=1S/C33H55NO7/c1-17-5-8-24(34-15-17)18(2)27-25(36)14-23-21-7-6-19-13-20(9-11-32(19,3)22(21)10-12-33(23,27)4)40-31-30(39)29(38)28(37)26(16-35)41-31/h6,17-18,20-31,34-39H,5,7-16H2,1-4H3/t17-,18+,20+,21-,22-,23+,24+,25-,26-,27+,28-,29+,30-,31-,32-,33+/m0/s1. The molecule has 0 unspecified atom stereocenters. The van der Waals surface area contributed by atoms with Crippen LogP contribution in [0.5, 0.6) is 0 Å². The predicted molar refractivity (Wildman–Crippen MR) is 155 cm³/mol. The zero-order chi connectivity index (χ0) is 29.3. The van der Waals surface area contributed by atoms with Gasteiger partial charge in [-0.2, -0.15) is 0 Å². The minimum Gasteiger partial charge on any atom is -0.394 e. The summed E-state index contributed by atoms with van der Waals surface area (Å²) in [6.45, 7) is 10.3. The lowest BCUT2D eigenvalue weighted by molar-refractivity contribution is -0.313. The van der Waals surface area contributed by atoms with E-state index in [1.54, 1.807) is 0 Å². The maximum atomic E-state index is 11.6. The summed E-state index contributed by atoms with van der Waals surface area (Å²) in [5.41, 5.74) is 1.72. The third kappa shape index (κ3) is 5.06. The number of aliphatic hydroxyl groups is 5. The summed E-state index contributed by atoms with van der Waals surface area (Å²) in [5, 5.41) is 55.8. The van der Waals surface area contributed by atoms with Crippen LogP contribution in [-0.2, 0) is 9.47 Å².